The largest absolute Gasteiger partial charge is 0.332 e. The number of hydrogen-bond donors (Lipinski definition) is 0. The van der Waals surface area contributed by atoms with Gasteiger partial charge in [0.25, 0.3) is 5.56 Å². The Morgan fingerprint density at radius 1 is 1.07 bits per heavy atom. The molecule has 4 aromatic rings. The summed E-state index contributed by atoms with van der Waals surface area (Å²) >= 11 is 5.92. The summed E-state index contributed by atoms with van der Waals surface area (Å²) in [5.74, 6) is -0.0406. The molecule has 0 aliphatic rings. The highest BCUT2D eigenvalue weighted by molar-refractivity contribution is 6.30. The summed E-state index contributed by atoms with van der Waals surface area (Å²) in [5, 5.41) is 0.806. The van der Waals surface area contributed by atoms with Crippen LogP contribution in [-0.4, -0.2) is 19.1 Å². The van der Waals surface area contributed by atoms with Crippen molar-refractivity contribution in [2.45, 2.75) is 20.0 Å². The third-order valence-electron chi connectivity index (χ3n) is 4.61. The fourth-order valence-corrected chi connectivity index (χ4v) is 3.30. The van der Waals surface area contributed by atoms with Gasteiger partial charge in [0.2, 0.25) is 0 Å². The second kappa shape index (κ2) is 7.60. The van der Waals surface area contributed by atoms with Gasteiger partial charge in [-0.2, -0.15) is 0 Å². The quantitative estimate of drug-likeness (QED) is 0.516. The maximum Gasteiger partial charge on any atom is 0.332 e. The minimum atomic E-state index is -0.512. The first-order valence-electron chi connectivity index (χ1n) is 8.98. The number of halogens is 2. The first-order chi connectivity index (χ1) is 14.0. The van der Waals surface area contributed by atoms with Crippen LogP contribution >= 0.6 is 11.6 Å². The number of nitrogens with zero attached hydrogens (tertiary/aromatic N) is 4. The molecule has 29 heavy (non-hydrogen) atoms. The molecule has 0 aliphatic carbocycles. The summed E-state index contributed by atoms with van der Waals surface area (Å²) in [4.78, 5) is 34.7. The lowest BCUT2D eigenvalue weighted by Gasteiger charge is -2.13. The third kappa shape index (κ3) is 3.56. The van der Waals surface area contributed by atoms with Crippen molar-refractivity contribution in [3.63, 3.8) is 0 Å². The zero-order chi connectivity index (χ0) is 20.5. The summed E-state index contributed by atoms with van der Waals surface area (Å²) in [6.07, 6.45) is 1.42. The lowest BCUT2D eigenvalue weighted by molar-refractivity contribution is 0.605. The van der Waals surface area contributed by atoms with Gasteiger partial charge in [-0.25, -0.2) is 19.2 Å². The molecule has 0 radical (unpaired) electrons. The van der Waals surface area contributed by atoms with Crippen LogP contribution in [-0.2, 0) is 13.1 Å². The first-order valence-corrected chi connectivity index (χ1v) is 9.36. The smallest absolute Gasteiger partial charge is 0.277 e. The minimum Gasteiger partial charge on any atom is -0.277 e. The molecule has 0 unspecified atom stereocenters. The van der Waals surface area contributed by atoms with Gasteiger partial charge >= 0.3 is 5.69 Å². The fourth-order valence-electron chi connectivity index (χ4n) is 3.18. The standard InChI is InChI=1S/C21H16ClFN4O2/c1-2-26-19-17(11-24-18(25-19)14-6-8-15(22)9-7-14)20(28)27(21(26)29)12-13-4-3-5-16(23)10-13/h3-11H,2,12H2,1H3. The highest BCUT2D eigenvalue weighted by Crippen LogP contribution is 2.19. The van der Waals surface area contributed by atoms with Crippen LogP contribution in [0.3, 0.4) is 0 Å². The Kier molecular flexibility index (Phi) is 4.98. The zero-order valence-electron chi connectivity index (χ0n) is 15.5. The maximum absolute atomic E-state index is 13.5. The van der Waals surface area contributed by atoms with E-state index in [0.717, 1.165) is 10.1 Å². The zero-order valence-corrected chi connectivity index (χ0v) is 16.2. The SMILES string of the molecule is CCn1c(=O)n(Cc2cccc(F)c2)c(=O)c2cnc(-c3ccc(Cl)cc3)nc21. The lowest BCUT2D eigenvalue weighted by Crippen LogP contribution is -2.40. The molecule has 2 aromatic heterocycles. The molecule has 8 heteroatoms. The highest BCUT2D eigenvalue weighted by atomic mass is 35.5. The van der Waals surface area contributed by atoms with E-state index >= 15 is 0 Å². The van der Waals surface area contributed by atoms with Gasteiger partial charge in [0.1, 0.15) is 11.2 Å². The van der Waals surface area contributed by atoms with E-state index in [9.17, 15) is 14.0 Å². The topological polar surface area (TPSA) is 69.8 Å². The molecule has 6 nitrogen and oxygen atoms in total. The molecular weight excluding hydrogens is 395 g/mol. The molecular formula is C21H16ClFN4O2. The summed E-state index contributed by atoms with van der Waals surface area (Å²) in [7, 11) is 0. The Hall–Kier alpha value is -3.32. The molecule has 0 N–H and O–H groups in total. The monoisotopic (exact) mass is 410 g/mol. The van der Waals surface area contributed by atoms with Gasteiger partial charge in [0.15, 0.2) is 11.5 Å². The van der Waals surface area contributed by atoms with Crippen molar-refractivity contribution >= 4 is 22.6 Å². The summed E-state index contributed by atoms with van der Waals surface area (Å²) in [6.45, 7) is 2.07. The molecule has 2 aromatic carbocycles. The van der Waals surface area contributed by atoms with Gasteiger partial charge in [0.05, 0.1) is 6.54 Å². The van der Waals surface area contributed by atoms with E-state index in [1.165, 1.54) is 29.0 Å². The van der Waals surface area contributed by atoms with E-state index in [1.807, 2.05) is 0 Å². The van der Waals surface area contributed by atoms with Crippen LogP contribution in [0, 0.1) is 5.82 Å². The molecule has 146 valence electrons. The molecule has 0 aliphatic heterocycles. The lowest BCUT2D eigenvalue weighted by atomic mass is 10.2. The van der Waals surface area contributed by atoms with E-state index in [1.54, 1.807) is 37.3 Å². The molecule has 2 heterocycles. The van der Waals surface area contributed by atoms with Crippen LogP contribution in [0.15, 0.2) is 64.3 Å². The Morgan fingerprint density at radius 3 is 2.52 bits per heavy atom. The van der Waals surface area contributed by atoms with E-state index in [4.69, 9.17) is 11.6 Å². The molecule has 0 amide bonds. The number of fused-ring (bicyclic) bond motifs is 1. The van der Waals surface area contributed by atoms with Gasteiger partial charge in [0, 0.05) is 23.3 Å². The predicted octanol–water partition coefficient (Wildman–Crippen LogP) is 3.48. The summed E-state index contributed by atoms with van der Waals surface area (Å²) in [5.41, 5.74) is 0.481. The van der Waals surface area contributed by atoms with Crippen LogP contribution in [0.1, 0.15) is 12.5 Å². The second-order valence-corrected chi connectivity index (χ2v) is 6.92. The first kappa shape index (κ1) is 19.0. The number of benzene rings is 2. The van der Waals surface area contributed by atoms with Gasteiger partial charge in [-0.05, 0) is 48.9 Å². The Morgan fingerprint density at radius 2 is 1.83 bits per heavy atom. The predicted molar refractivity (Wildman–Crippen MR) is 110 cm³/mol. The Labute approximate surface area is 169 Å². The van der Waals surface area contributed by atoms with E-state index < -0.39 is 17.1 Å². The van der Waals surface area contributed by atoms with E-state index in [2.05, 4.69) is 9.97 Å². The maximum atomic E-state index is 13.5. The Balaban J connectivity index is 1.90. The number of hydrogen-bond acceptors (Lipinski definition) is 4. The number of aromatic nitrogens is 4. The fraction of sp³-hybridized carbons (Fsp3) is 0.143. The van der Waals surface area contributed by atoms with Crippen LogP contribution in [0.4, 0.5) is 4.39 Å². The van der Waals surface area contributed by atoms with Crippen molar-refractivity contribution < 1.29 is 4.39 Å². The van der Waals surface area contributed by atoms with Crippen molar-refractivity contribution in [3.05, 3.63) is 92.0 Å². The molecule has 0 bridgehead atoms. The van der Waals surface area contributed by atoms with E-state index in [0.29, 0.717) is 23.0 Å². The van der Waals surface area contributed by atoms with Gasteiger partial charge in [-0.3, -0.25) is 13.9 Å². The van der Waals surface area contributed by atoms with Gasteiger partial charge in [-0.15, -0.1) is 0 Å². The van der Waals surface area contributed by atoms with Crippen LogP contribution in [0.2, 0.25) is 5.02 Å². The molecule has 0 saturated heterocycles. The van der Waals surface area contributed by atoms with Crippen molar-refractivity contribution in [3.8, 4) is 11.4 Å². The van der Waals surface area contributed by atoms with Gasteiger partial charge in [-0.1, -0.05) is 23.7 Å². The highest BCUT2D eigenvalue weighted by Gasteiger charge is 2.16. The molecule has 0 fully saturated rings. The molecule has 0 atom stereocenters. The van der Waals surface area contributed by atoms with Crippen molar-refractivity contribution in [2.24, 2.45) is 0 Å². The third-order valence-corrected chi connectivity index (χ3v) is 4.86. The second-order valence-electron chi connectivity index (χ2n) is 6.49. The average molecular weight is 411 g/mol. The average Bonchev–Trinajstić information content (AvgIpc) is 2.72. The summed E-state index contributed by atoms with van der Waals surface area (Å²) in [6, 6.07) is 12.8. The Bertz CT molecular complexity index is 1330. The normalized spacial score (nSPS) is 11.1. The molecule has 4 rings (SSSR count). The molecule has 0 spiro atoms. The van der Waals surface area contributed by atoms with Gasteiger partial charge < -0.3 is 0 Å². The van der Waals surface area contributed by atoms with Crippen molar-refractivity contribution in [2.75, 3.05) is 0 Å². The number of rotatable bonds is 4. The minimum absolute atomic E-state index is 0.0374. The van der Waals surface area contributed by atoms with Crippen LogP contribution < -0.4 is 11.2 Å². The summed E-state index contributed by atoms with van der Waals surface area (Å²) < 4.78 is 16.0. The molecule has 0 saturated carbocycles. The van der Waals surface area contributed by atoms with Crippen molar-refractivity contribution in [1.82, 2.24) is 19.1 Å². The van der Waals surface area contributed by atoms with Crippen molar-refractivity contribution in [1.29, 1.82) is 0 Å². The van der Waals surface area contributed by atoms with Crippen LogP contribution in [0.25, 0.3) is 22.4 Å². The number of aryl methyl sites for hydroxylation is 1. The van der Waals surface area contributed by atoms with Crippen LogP contribution in [0.5, 0.6) is 0 Å². The van der Waals surface area contributed by atoms with E-state index in [-0.39, 0.29) is 17.6 Å².